The normalized spacial score (nSPS) is 11.3. The Kier molecular flexibility index (Phi) is 6.64. The monoisotopic (exact) mass is 328 g/mol. The number of nitrogens with two attached hydrogens (primary N) is 1. The van der Waals surface area contributed by atoms with E-state index in [9.17, 15) is 9.59 Å². The van der Waals surface area contributed by atoms with Crippen LogP contribution in [0, 0.1) is 0 Å². The van der Waals surface area contributed by atoms with Crippen LogP contribution in [0.25, 0.3) is 0 Å². The third-order valence-electron chi connectivity index (χ3n) is 3.22. The maximum atomic E-state index is 12.1. The highest BCUT2D eigenvalue weighted by Gasteiger charge is 2.21. The fraction of sp³-hybridized carbons (Fsp3) is 0.222. The average Bonchev–Trinajstić information content (AvgIpc) is 2.59. The topological polar surface area (TPSA) is 90.7 Å². The second kappa shape index (κ2) is 9.19. The first-order chi connectivity index (χ1) is 11.6. The Morgan fingerprint density at radius 2 is 1.58 bits per heavy atom. The maximum absolute atomic E-state index is 12.1. The largest absolute Gasteiger partial charge is 0.490 e. The van der Waals surface area contributed by atoms with Crippen molar-refractivity contribution in [3.05, 3.63) is 66.2 Å². The van der Waals surface area contributed by atoms with Crippen LogP contribution in [-0.4, -0.2) is 31.3 Å². The summed E-state index contributed by atoms with van der Waals surface area (Å²) in [6.45, 7) is 0.309. The number of amides is 2. The van der Waals surface area contributed by atoms with E-state index in [-0.39, 0.29) is 13.2 Å². The Morgan fingerprint density at radius 1 is 0.958 bits per heavy atom. The zero-order chi connectivity index (χ0) is 17.2. The van der Waals surface area contributed by atoms with E-state index in [1.54, 1.807) is 0 Å². The van der Waals surface area contributed by atoms with Crippen molar-refractivity contribution in [1.29, 1.82) is 0 Å². The van der Waals surface area contributed by atoms with Crippen molar-refractivity contribution in [2.45, 2.75) is 12.5 Å². The first-order valence-corrected chi connectivity index (χ1v) is 7.59. The molecule has 3 N–H and O–H groups in total. The number of benzene rings is 2. The zero-order valence-corrected chi connectivity index (χ0v) is 13.2. The van der Waals surface area contributed by atoms with Gasteiger partial charge in [0.1, 0.15) is 25.0 Å². The molecule has 0 fully saturated rings. The summed E-state index contributed by atoms with van der Waals surface area (Å²) < 4.78 is 10.6. The fourth-order valence-electron chi connectivity index (χ4n) is 2.13. The van der Waals surface area contributed by atoms with Crippen LogP contribution in [0.15, 0.2) is 60.7 Å². The summed E-state index contributed by atoms with van der Waals surface area (Å²) >= 11 is 0. The van der Waals surface area contributed by atoms with Gasteiger partial charge in [-0.1, -0.05) is 48.5 Å². The number of esters is 1. The lowest BCUT2D eigenvalue weighted by molar-refractivity contribution is -0.146. The van der Waals surface area contributed by atoms with E-state index in [0.717, 1.165) is 5.56 Å². The Morgan fingerprint density at radius 3 is 2.21 bits per heavy atom. The SMILES string of the molecule is NC(=O)N[C@@H](Cc1ccccc1)C(=O)OCCOc1ccccc1. The number of ether oxygens (including phenoxy) is 2. The zero-order valence-electron chi connectivity index (χ0n) is 13.2. The van der Waals surface area contributed by atoms with Gasteiger partial charge in [-0.2, -0.15) is 0 Å². The third kappa shape index (κ3) is 6.00. The van der Waals surface area contributed by atoms with Crippen LogP contribution in [-0.2, 0) is 16.0 Å². The molecule has 2 amide bonds. The minimum absolute atomic E-state index is 0.0828. The molecular formula is C18H20N2O4. The molecule has 126 valence electrons. The molecule has 6 nitrogen and oxygen atoms in total. The smallest absolute Gasteiger partial charge is 0.329 e. The van der Waals surface area contributed by atoms with Gasteiger partial charge in [0.25, 0.3) is 0 Å². The van der Waals surface area contributed by atoms with Crippen molar-refractivity contribution in [2.75, 3.05) is 13.2 Å². The summed E-state index contributed by atoms with van der Waals surface area (Å²) in [5.74, 6) is 0.152. The van der Waals surface area contributed by atoms with Crippen LogP contribution in [0.1, 0.15) is 5.56 Å². The quantitative estimate of drug-likeness (QED) is 0.572. The summed E-state index contributed by atoms with van der Waals surface area (Å²) in [4.78, 5) is 23.2. The standard InChI is InChI=1S/C18H20N2O4/c19-18(22)20-16(13-14-7-3-1-4-8-14)17(21)24-12-11-23-15-9-5-2-6-10-15/h1-10,16H,11-13H2,(H3,19,20,22)/t16-/m0/s1. The van der Waals surface area contributed by atoms with Crippen LogP contribution in [0.5, 0.6) is 5.75 Å². The Hall–Kier alpha value is -3.02. The molecule has 0 saturated heterocycles. The summed E-state index contributed by atoms with van der Waals surface area (Å²) in [7, 11) is 0. The Labute approximate surface area is 140 Å². The van der Waals surface area contributed by atoms with E-state index in [1.165, 1.54) is 0 Å². The minimum Gasteiger partial charge on any atom is -0.490 e. The molecule has 0 radical (unpaired) electrons. The van der Waals surface area contributed by atoms with E-state index in [1.807, 2.05) is 60.7 Å². The van der Waals surface area contributed by atoms with Crippen molar-refractivity contribution in [2.24, 2.45) is 5.73 Å². The van der Waals surface area contributed by atoms with E-state index >= 15 is 0 Å². The van der Waals surface area contributed by atoms with Gasteiger partial charge in [-0.05, 0) is 17.7 Å². The minimum atomic E-state index is -0.832. The van der Waals surface area contributed by atoms with Crippen LogP contribution in [0.4, 0.5) is 4.79 Å². The lowest BCUT2D eigenvalue weighted by Gasteiger charge is -2.16. The molecule has 0 saturated carbocycles. The van der Waals surface area contributed by atoms with Gasteiger partial charge in [0.2, 0.25) is 0 Å². The number of rotatable bonds is 8. The van der Waals surface area contributed by atoms with Gasteiger partial charge in [0.15, 0.2) is 0 Å². The van der Waals surface area contributed by atoms with Crippen LogP contribution in [0.3, 0.4) is 0 Å². The Balaban J connectivity index is 1.82. The molecule has 0 heterocycles. The van der Waals surface area contributed by atoms with Crippen molar-refractivity contribution >= 4 is 12.0 Å². The molecule has 0 aromatic heterocycles. The molecule has 0 spiro atoms. The lowest BCUT2D eigenvalue weighted by atomic mass is 10.1. The van der Waals surface area contributed by atoms with Gasteiger partial charge in [0, 0.05) is 6.42 Å². The number of hydrogen-bond acceptors (Lipinski definition) is 4. The molecule has 2 rings (SSSR count). The number of primary amides is 1. The number of urea groups is 1. The molecule has 0 unspecified atom stereocenters. The van der Waals surface area contributed by atoms with Gasteiger partial charge in [-0.25, -0.2) is 9.59 Å². The molecule has 24 heavy (non-hydrogen) atoms. The maximum Gasteiger partial charge on any atom is 0.329 e. The Bertz CT molecular complexity index is 647. The average molecular weight is 328 g/mol. The number of nitrogens with one attached hydrogen (secondary N) is 1. The first kappa shape index (κ1) is 17.3. The fourth-order valence-corrected chi connectivity index (χ4v) is 2.13. The van der Waals surface area contributed by atoms with E-state index < -0.39 is 18.0 Å². The van der Waals surface area contributed by atoms with Crippen LogP contribution >= 0.6 is 0 Å². The van der Waals surface area contributed by atoms with Gasteiger partial charge >= 0.3 is 12.0 Å². The summed E-state index contributed by atoms with van der Waals surface area (Å²) in [5, 5.41) is 2.41. The van der Waals surface area contributed by atoms with Gasteiger partial charge in [0.05, 0.1) is 0 Å². The third-order valence-corrected chi connectivity index (χ3v) is 3.22. The van der Waals surface area contributed by atoms with Gasteiger partial charge in [-0.15, -0.1) is 0 Å². The van der Waals surface area contributed by atoms with E-state index in [0.29, 0.717) is 12.2 Å². The number of carbonyl (C=O) groups is 2. The van der Waals surface area contributed by atoms with E-state index in [4.69, 9.17) is 15.2 Å². The predicted octanol–water partition coefficient (Wildman–Crippen LogP) is 1.89. The number of para-hydroxylation sites is 1. The van der Waals surface area contributed by atoms with Crippen molar-refractivity contribution in [3.8, 4) is 5.75 Å². The molecule has 0 bridgehead atoms. The van der Waals surface area contributed by atoms with Crippen LogP contribution in [0.2, 0.25) is 0 Å². The molecule has 0 aliphatic carbocycles. The molecule has 1 atom stereocenters. The second-order valence-corrected chi connectivity index (χ2v) is 5.08. The van der Waals surface area contributed by atoms with Crippen molar-refractivity contribution in [1.82, 2.24) is 5.32 Å². The molecule has 2 aromatic rings. The number of hydrogen-bond donors (Lipinski definition) is 2. The molecule has 2 aromatic carbocycles. The van der Waals surface area contributed by atoms with Crippen molar-refractivity contribution < 1.29 is 19.1 Å². The predicted molar refractivity (Wildman–Crippen MR) is 89.5 cm³/mol. The van der Waals surface area contributed by atoms with Crippen LogP contribution < -0.4 is 15.8 Å². The van der Waals surface area contributed by atoms with E-state index in [2.05, 4.69) is 5.32 Å². The number of carbonyl (C=O) groups excluding carboxylic acids is 2. The summed E-state index contributed by atoms with van der Waals surface area (Å²) in [6.07, 6.45) is 0.308. The van der Waals surface area contributed by atoms with Crippen molar-refractivity contribution in [3.63, 3.8) is 0 Å². The summed E-state index contributed by atoms with van der Waals surface area (Å²) in [6, 6.07) is 16.9. The molecule has 0 aliphatic rings. The molecule has 0 aliphatic heterocycles. The van der Waals surface area contributed by atoms with Gasteiger partial charge in [-0.3, -0.25) is 0 Å². The highest BCUT2D eigenvalue weighted by molar-refractivity contribution is 5.83. The molecule has 6 heteroatoms. The lowest BCUT2D eigenvalue weighted by Crippen LogP contribution is -2.46. The summed E-state index contributed by atoms with van der Waals surface area (Å²) in [5.41, 5.74) is 6.03. The highest BCUT2D eigenvalue weighted by atomic mass is 16.6. The first-order valence-electron chi connectivity index (χ1n) is 7.59. The van der Waals surface area contributed by atoms with Gasteiger partial charge < -0.3 is 20.5 Å². The second-order valence-electron chi connectivity index (χ2n) is 5.08. The molecular weight excluding hydrogens is 308 g/mol. The highest BCUT2D eigenvalue weighted by Crippen LogP contribution is 2.08.